The molecule has 0 N–H and O–H groups in total. The van der Waals surface area contributed by atoms with Gasteiger partial charge in [0.1, 0.15) is 0 Å². The fourth-order valence-electron chi connectivity index (χ4n) is 0.714. The summed E-state index contributed by atoms with van der Waals surface area (Å²) in [7, 11) is -2.19. The van der Waals surface area contributed by atoms with E-state index in [-0.39, 0.29) is 16.1 Å². The van der Waals surface area contributed by atoms with Gasteiger partial charge in [-0.2, -0.15) is 0 Å². The standard InChI is InChI=1S/C6H6Cl2N2O3S/c1-13-3-4(7)9-6(10-5(3)8)14(2,11)12/h1-2H3. The van der Waals surface area contributed by atoms with E-state index in [2.05, 4.69) is 9.97 Å². The van der Waals surface area contributed by atoms with Crippen molar-refractivity contribution in [2.24, 2.45) is 0 Å². The van der Waals surface area contributed by atoms with Crippen LogP contribution in [0.2, 0.25) is 10.3 Å². The highest BCUT2D eigenvalue weighted by Crippen LogP contribution is 2.29. The minimum Gasteiger partial charge on any atom is -0.491 e. The van der Waals surface area contributed by atoms with Gasteiger partial charge in [0.05, 0.1) is 7.11 Å². The Balaban J connectivity index is 3.43. The van der Waals surface area contributed by atoms with Crippen LogP contribution in [-0.2, 0) is 9.84 Å². The van der Waals surface area contributed by atoms with Crippen LogP contribution in [0, 0.1) is 0 Å². The zero-order valence-corrected chi connectivity index (χ0v) is 9.61. The number of hydrogen-bond donors (Lipinski definition) is 0. The van der Waals surface area contributed by atoms with Crippen molar-refractivity contribution in [3.8, 4) is 5.75 Å². The Morgan fingerprint density at radius 3 is 1.93 bits per heavy atom. The van der Waals surface area contributed by atoms with Gasteiger partial charge < -0.3 is 4.74 Å². The predicted molar refractivity (Wildman–Crippen MR) is 51.7 cm³/mol. The van der Waals surface area contributed by atoms with Crippen molar-refractivity contribution in [3.05, 3.63) is 10.3 Å². The highest BCUT2D eigenvalue weighted by molar-refractivity contribution is 7.90. The largest absolute Gasteiger partial charge is 0.491 e. The summed E-state index contributed by atoms with van der Waals surface area (Å²) in [6, 6.07) is 0. The molecule has 1 aromatic heterocycles. The van der Waals surface area contributed by atoms with Crippen molar-refractivity contribution in [1.82, 2.24) is 9.97 Å². The summed E-state index contributed by atoms with van der Waals surface area (Å²) < 4.78 is 26.9. The Morgan fingerprint density at radius 2 is 1.64 bits per heavy atom. The van der Waals surface area contributed by atoms with Crippen LogP contribution < -0.4 is 4.74 Å². The summed E-state index contributed by atoms with van der Waals surface area (Å²) in [6.45, 7) is 0. The average molecular weight is 257 g/mol. The Morgan fingerprint density at radius 1 is 1.21 bits per heavy atom. The first kappa shape index (κ1) is 11.5. The van der Waals surface area contributed by atoms with E-state index in [1.165, 1.54) is 7.11 Å². The monoisotopic (exact) mass is 256 g/mol. The van der Waals surface area contributed by atoms with Gasteiger partial charge in [0, 0.05) is 6.26 Å². The molecule has 78 valence electrons. The maximum atomic E-state index is 11.1. The number of rotatable bonds is 2. The first-order valence-corrected chi connectivity index (χ1v) is 5.98. The summed E-state index contributed by atoms with van der Waals surface area (Å²) in [6.07, 6.45) is 0.960. The smallest absolute Gasteiger partial charge is 0.249 e. The average Bonchev–Trinajstić information content (AvgIpc) is 2.01. The predicted octanol–water partition coefficient (Wildman–Crippen LogP) is 1.20. The summed E-state index contributed by atoms with van der Waals surface area (Å²) >= 11 is 11.2. The highest BCUT2D eigenvalue weighted by atomic mass is 35.5. The lowest BCUT2D eigenvalue weighted by Gasteiger charge is -2.04. The van der Waals surface area contributed by atoms with E-state index in [0.717, 1.165) is 6.26 Å². The maximum absolute atomic E-state index is 11.1. The fourth-order valence-corrected chi connectivity index (χ4v) is 1.87. The molecule has 0 saturated carbocycles. The Labute approximate surface area is 90.9 Å². The van der Waals surface area contributed by atoms with E-state index < -0.39 is 15.0 Å². The van der Waals surface area contributed by atoms with Crippen LogP contribution in [0.3, 0.4) is 0 Å². The maximum Gasteiger partial charge on any atom is 0.249 e. The highest BCUT2D eigenvalue weighted by Gasteiger charge is 2.18. The molecule has 0 bridgehead atoms. The molecule has 8 heteroatoms. The summed E-state index contributed by atoms with van der Waals surface area (Å²) in [5, 5.41) is -0.686. The third-order valence-electron chi connectivity index (χ3n) is 1.30. The molecule has 14 heavy (non-hydrogen) atoms. The molecular formula is C6H6Cl2N2O3S. The number of ether oxygens (including phenoxy) is 1. The first-order chi connectivity index (χ1) is 6.36. The molecule has 1 aromatic rings. The molecule has 1 heterocycles. The Bertz CT molecular complexity index is 437. The lowest BCUT2D eigenvalue weighted by molar-refractivity contribution is 0.409. The Kier molecular flexibility index (Phi) is 3.18. The molecule has 0 radical (unpaired) electrons. The first-order valence-electron chi connectivity index (χ1n) is 3.33. The van der Waals surface area contributed by atoms with Crippen LogP contribution in [-0.4, -0.2) is 31.8 Å². The molecule has 0 saturated heterocycles. The zero-order valence-electron chi connectivity index (χ0n) is 7.28. The number of methoxy groups -OCH3 is 1. The van der Waals surface area contributed by atoms with E-state index in [4.69, 9.17) is 27.9 Å². The molecule has 0 amide bonds. The van der Waals surface area contributed by atoms with E-state index in [1.54, 1.807) is 0 Å². The molecule has 0 aliphatic rings. The lowest BCUT2D eigenvalue weighted by atomic mass is 10.6. The topological polar surface area (TPSA) is 69.2 Å². The van der Waals surface area contributed by atoms with Gasteiger partial charge in [-0.05, 0) is 0 Å². The molecule has 0 aliphatic carbocycles. The quantitative estimate of drug-likeness (QED) is 0.588. The van der Waals surface area contributed by atoms with Gasteiger partial charge in [0.2, 0.25) is 15.0 Å². The van der Waals surface area contributed by atoms with E-state index in [1.807, 2.05) is 0 Å². The second-order valence-corrected chi connectivity index (χ2v) is 5.02. The molecule has 5 nitrogen and oxygen atoms in total. The molecule has 0 aromatic carbocycles. The second kappa shape index (κ2) is 3.88. The minimum atomic E-state index is -3.52. The van der Waals surface area contributed by atoms with Gasteiger partial charge in [0.15, 0.2) is 16.1 Å². The SMILES string of the molecule is COc1c(Cl)nc(S(C)(=O)=O)nc1Cl. The number of nitrogens with zero attached hydrogens (tertiary/aromatic N) is 2. The molecule has 1 rings (SSSR count). The van der Waals surface area contributed by atoms with Gasteiger partial charge in [0.25, 0.3) is 0 Å². The van der Waals surface area contributed by atoms with E-state index in [0.29, 0.717) is 0 Å². The normalized spacial score (nSPS) is 11.4. The van der Waals surface area contributed by atoms with Crippen molar-refractivity contribution >= 4 is 33.0 Å². The minimum absolute atomic E-state index is 0.0562. The van der Waals surface area contributed by atoms with Crippen LogP contribution in [0.15, 0.2) is 5.16 Å². The van der Waals surface area contributed by atoms with Crippen LogP contribution in [0.5, 0.6) is 5.75 Å². The molecular weight excluding hydrogens is 251 g/mol. The number of sulfone groups is 1. The van der Waals surface area contributed by atoms with Crippen LogP contribution >= 0.6 is 23.2 Å². The van der Waals surface area contributed by atoms with Gasteiger partial charge in [-0.1, -0.05) is 23.2 Å². The van der Waals surface area contributed by atoms with Gasteiger partial charge in [-0.15, -0.1) is 0 Å². The molecule has 0 fully saturated rings. The number of hydrogen-bond acceptors (Lipinski definition) is 5. The van der Waals surface area contributed by atoms with Crippen LogP contribution in [0.25, 0.3) is 0 Å². The number of aromatic nitrogens is 2. The molecule has 0 aliphatic heterocycles. The third-order valence-corrected chi connectivity index (χ3v) is 2.66. The Hall–Kier alpha value is -0.590. The molecule has 0 atom stereocenters. The van der Waals surface area contributed by atoms with E-state index >= 15 is 0 Å². The second-order valence-electron chi connectivity index (χ2n) is 2.39. The summed E-state index contributed by atoms with van der Waals surface area (Å²) in [5.41, 5.74) is 0. The summed E-state index contributed by atoms with van der Waals surface area (Å²) in [5.74, 6) is 0.0562. The summed E-state index contributed by atoms with van der Waals surface area (Å²) in [4.78, 5) is 7.07. The third kappa shape index (κ3) is 2.26. The van der Waals surface area contributed by atoms with Crippen LogP contribution in [0.4, 0.5) is 0 Å². The molecule has 0 unspecified atom stereocenters. The van der Waals surface area contributed by atoms with Gasteiger partial charge in [-0.25, -0.2) is 18.4 Å². The fraction of sp³-hybridized carbons (Fsp3) is 0.333. The lowest BCUT2D eigenvalue weighted by Crippen LogP contribution is -2.05. The van der Waals surface area contributed by atoms with Crippen molar-refractivity contribution in [2.75, 3.05) is 13.4 Å². The van der Waals surface area contributed by atoms with E-state index in [9.17, 15) is 8.42 Å². The van der Waals surface area contributed by atoms with Gasteiger partial charge >= 0.3 is 0 Å². The zero-order chi connectivity index (χ0) is 10.9. The molecule has 0 spiro atoms. The van der Waals surface area contributed by atoms with Crippen molar-refractivity contribution in [2.45, 2.75) is 5.16 Å². The van der Waals surface area contributed by atoms with Gasteiger partial charge in [-0.3, -0.25) is 0 Å². The van der Waals surface area contributed by atoms with Crippen molar-refractivity contribution in [3.63, 3.8) is 0 Å². The number of halogens is 2. The van der Waals surface area contributed by atoms with Crippen LogP contribution in [0.1, 0.15) is 0 Å². The van der Waals surface area contributed by atoms with Crippen molar-refractivity contribution in [1.29, 1.82) is 0 Å². The van der Waals surface area contributed by atoms with Crippen molar-refractivity contribution < 1.29 is 13.2 Å².